The lowest BCUT2D eigenvalue weighted by atomic mass is 10.1. The minimum atomic E-state index is -4.14. The van der Waals surface area contributed by atoms with Crippen molar-refractivity contribution >= 4 is 38.8 Å². The Bertz CT molecular complexity index is 1110. The first kappa shape index (κ1) is 19.2. The Hall–Kier alpha value is -3.53. The standard InChI is InChI=1S/C18H17N3O6S/c1-26-15-7-11-12(18(23)20-14(11)8-16(15)27-2)9-28(24,25)21-13-6-4-3-5-10(13)17(19)22/h3-9,21H,1-2H3,(H2,19,22)(H,20,23)/b12-9-. The third-order valence-corrected chi connectivity index (χ3v) is 5.07. The summed E-state index contributed by atoms with van der Waals surface area (Å²) in [4.78, 5) is 23.8. The first-order valence-electron chi connectivity index (χ1n) is 7.97. The molecule has 1 aliphatic heterocycles. The summed E-state index contributed by atoms with van der Waals surface area (Å²) in [5.41, 5.74) is 5.93. The first-order valence-corrected chi connectivity index (χ1v) is 9.51. The highest BCUT2D eigenvalue weighted by Gasteiger charge is 2.29. The number of sulfonamides is 1. The molecular weight excluding hydrogens is 386 g/mol. The number of hydrogen-bond donors (Lipinski definition) is 3. The third kappa shape index (κ3) is 3.62. The zero-order valence-corrected chi connectivity index (χ0v) is 15.8. The number of methoxy groups -OCH3 is 2. The lowest BCUT2D eigenvalue weighted by molar-refractivity contribution is -0.110. The molecule has 1 aliphatic rings. The number of anilines is 2. The van der Waals surface area contributed by atoms with Gasteiger partial charge in [-0.2, -0.15) is 0 Å². The normalized spacial score (nSPS) is 14.4. The molecule has 0 fully saturated rings. The maximum Gasteiger partial charge on any atom is 0.257 e. The smallest absolute Gasteiger partial charge is 0.257 e. The molecule has 28 heavy (non-hydrogen) atoms. The SMILES string of the molecule is COc1cc2c(cc1OC)/C(=C/S(=O)(=O)Nc1ccccc1C(N)=O)C(=O)N2. The van der Waals surface area contributed by atoms with Crippen LogP contribution in [0.25, 0.3) is 5.57 Å². The molecule has 3 rings (SSSR count). The van der Waals surface area contributed by atoms with E-state index in [-0.39, 0.29) is 16.8 Å². The first-order chi connectivity index (χ1) is 13.3. The predicted molar refractivity (Wildman–Crippen MR) is 104 cm³/mol. The van der Waals surface area contributed by atoms with E-state index >= 15 is 0 Å². The fraction of sp³-hybridized carbons (Fsp3) is 0.111. The number of hydrogen-bond acceptors (Lipinski definition) is 6. The molecule has 2 aromatic carbocycles. The molecule has 1 heterocycles. The molecular formula is C18H17N3O6S. The van der Waals surface area contributed by atoms with Crippen LogP contribution in [-0.2, 0) is 14.8 Å². The second-order valence-corrected chi connectivity index (χ2v) is 7.33. The Morgan fingerprint density at radius 3 is 2.43 bits per heavy atom. The van der Waals surface area contributed by atoms with Crippen LogP contribution in [0, 0.1) is 0 Å². The van der Waals surface area contributed by atoms with Gasteiger partial charge in [-0.3, -0.25) is 14.3 Å². The van der Waals surface area contributed by atoms with Gasteiger partial charge < -0.3 is 20.5 Å². The third-order valence-electron chi connectivity index (χ3n) is 4.02. The number of ether oxygens (including phenoxy) is 2. The molecule has 0 radical (unpaired) electrons. The zero-order chi connectivity index (χ0) is 20.5. The largest absolute Gasteiger partial charge is 0.493 e. The number of fused-ring (bicyclic) bond motifs is 1. The molecule has 0 saturated carbocycles. The Morgan fingerprint density at radius 1 is 1.14 bits per heavy atom. The van der Waals surface area contributed by atoms with Crippen LogP contribution in [-0.4, -0.2) is 34.5 Å². The summed E-state index contributed by atoms with van der Waals surface area (Å²) in [6, 6.07) is 8.93. The summed E-state index contributed by atoms with van der Waals surface area (Å²) >= 11 is 0. The van der Waals surface area contributed by atoms with Crippen molar-refractivity contribution in [1.29, 1.82) is 0 Å². The van der Waals surface area contributed by atoms with Gasteiger partial charge >= 0.3 is 0 Å². The minimum absolute atomic E-state index is 0.00662. The Morgan fingerprint density at radius 2 is 1.79 bits per heavy atom. The van der Waals surface area contributed by atoms with E-state index in [9.17, 15) is 18.0 Å². The van der Waals surface area contributed by atoms with Crippen LogP contribution < -0.4 is 25.2 Å². The lowest BCUT2D eigenvalue weighted by Gasteiger charge is -2.10. The van der Waals surface area contributed by atoms with E-state index in [1.807, 2.05) is 0 Å². The number of nitrogens with two attached hydrogens (primary N) is 1. The number of nitrogens with one attached hydrogen (secondary N) is 2. The highest BCUT2D eigenvalue weighted by Crippen LogP contribution is 2.40. The number of carbonyl (C=O) groups is 2. The second kappa shape index (κ2) is 7.24. The van der Waals surface area contributed by atoms with Gasteiger partial charge in [0.2, 0.25) is 0 Å². The van der Waals surface area contributed by atoms with Crippen molar-refractivity contribution in [2.24, 2.45) is 5.73 Å². The summed E-state index contributed by atoms with van der Waals surface area (Å²) in [6.07, 6.45) is 0. The monoisotopic (exact) mass is 403 g/mol. The van der Waals surface area contributed by atoms with Gasteiger partial charge in [0, 0.05) is 11.6 Å². The predicted octanol–water partition coefficient (Wildman–Crippen LogP) is 1.54. The summed E-state index contributed by atoms with van der Waals surface area (Å²) in [5, 5.41) is 3.37. The van der Waals surface area contributed by atoms with E-state index in [1.165, 1.54) is 38.5 Å². The van der Waals surface area contributed by atoms with Crippen LogP contribution in [0.1, 0.15) is 15.9 Å². The summed E-state index contributed by atoms with van der Waals surface area (Å²) < 4.78 is 37.8. The average molecular weight is 403 g/mol. The Labute approximate surface area is 161 Å². The molecule has 0 spiro atoms. The number of rotatable bonds is 6. The summed E-state index contributed by atoms with van der Waals surface area (Å²) in [7, 11) is -1.26. The molecule has 0 saturated heterocycles. The van der Waals surface area contributed by atoms with Gasteiger partial charge in [-0.1, -0.05) is 12.1 Å². The second-order valence-electron chi connectivity index (χ2n) is 5.80. The Kier molecular flexibility index (Phi) is 4.97. The molecule has 9 nitrogen and oxygen atoms in total. The van der Waals surface area contributed by atoms with Crippen molar-refractivity contribution in [2.45, 2.75) is 0 Å². The van der Waals surface area contributed by atoms with E-state index < -0.39 is 21.8 Å². The topological polar surface area (TPSA) is 137 Å². The minimum Gasteiger partial charge on any atom is -0.493 e. The lowest BCUT2D eigenvalue weighted by Crippen LogP contribution is -2.17. The van der Waals surface area contributed by atoms with Crippen LogP contribution in [0.5, 0.6) is 11.5 Å². The molecule has 0 bridgehead atoms. The van der Waals surface area contributed by atoms with Gasteiger partial charge in [-0.05, 0) is 18.2 Å². The number of amides is 2. The van der Waals surface area contributed by atoms with Crippen LogP contribution in [0.4, 0.5) is 11.4 Å². The van der Waals surface area contributed by atoms with Crippen LogP contribution >= 0.6 is 0 Å². The number of primary amides is 1. The number of benzene rings is 2. The Balaban J connectivity index is 2.03. The van der Waals surface area contributed by atoms with Crippen LogP contribution in [0.3, 0.4) is 0 Å². The molecule has 2 amide bonds. The van der Waals surface area contributed by atoms with Crippen LogP contribution in [0.15, 0.2) is 41.8 Å². The van der Waals surface area contributed by atoms with Crippen LogP contribution in [0.2, 0.25) is 0 Å². The quantitative estimate of drug-likeness (QED) is 0.626. The van der Waals surface area contributed by atoms with Gasteiger partial charge in [0.1, 0.15) is 0 Å². The molecule has 0 aliphatic carbocycles. The van der Waals surface area contributed by atoms with Gasteiger partial charge in [-0.25, -0.2) is 8.42 Å². The number of para-hydroxylation sites is 1. The molecule has 4 N–H and O–H groups in total. The summed E-state index contributed by atoms with van der Waals surface area (Å²) in [6.45, 7) is 0. The van der Waals surface area contributed by atoms with Crippen molar-refractivity contribution in [2.75, 3.05) is 24.3 Å². The van der Waals surface area contributed by atoms with E-state index in [4.69, 9.17) is 15.2 Å². The fourth-order valence-electron chi connectivity index (χ4n) is 2.76. The molecule has 0 aromatic heterocycles. The van der Waals surface area contributed by atoms with Crippen molar-refractivity contribution in [3.8, 4) is 11.5 Å². The fourth-order valence-corrected chi connectivity index (χ4v) is 3.85. The van der Waals surface area contributed by atoms with E-state index in [0.29, 0.717) is 22.7 Å². The average Bonchev–Trinajstić information content (AvgIpc) is 2.94. The molecule has 0 unspecified atom stereocenters. The molecule has 10 heteroatoms. The van der Waals surface area contributed by atoms with Gasteiger partial charge in [0.25, 0.3) is 21.8 Å². The van der Waals surface area contributed by atoms with E-state index in [2.05, 4.69) is 10.0 Å². The summed E-state index contributed by atoms with van der Waals surface area (Å²) in [5.74, 6) is -0.655. The maximum absolute atomic E-state index is 12.6. The van der Waals surface area contributed by atoms with Crippen molar-refractivity contribution < 1.29 is 27.5 Å². The molecule has 2 aromatic rings. The maximum atomic E-state index is 12.6. The zero-order valence-electron chi connectivity index (χ0n) is 15.0. The van der Waals surface area contributed by atoms with Crippen molar-refractivity contribution in [1.82, 2.24) is 0 Å². The highest BCUT2D eigenvalue weighted by molar-refractivity contribution is 7.95. The molecule has 146 valence electrons. The highest BCUT2D eigenvalue weighted by atomic mass is 32.2. The van der Waals surface area contributed by atoms with E-state index in [0.717, 1.165) is 5.41 Å². The van der Waals surface area contributed by atoms with Gasteiger partial charge in [-0.15, -0.1) is 0 Å². The number of carbonyl (C=O) groups excluding carboxylic acids is 2. The van der Waals surface area contributed by atoms with Crippen molar-refractivity contribution in [3.63, 3.8) is 0 Å². The van der Waals surface area contributed by atoms with Crippen molar-refractivity contribution in [3.05, 3.63) is 52.9 Å². The molecule has 0 atom stereocenters. The van der Waals surface area contributed by atoms with Gasteiger partial charge in [0.15, 0.2) is 11.5 Å². The van der Waals surface area contributed by atoms with Gasteiger partial charge in [0.05, 0.1) is 42.1 Å². The van der Waals surface area contributed by atoms with E-state index in [1.54, 1.807) is 12.1 Å².